The number of nitrogens with one attached hydrogen (secondary N) is 1. The van der Waals surface area contributed by atoms with Crippen molar-refractivity contribution in [1.82, 2.24) is 15.2 Å². The van der Waals surface area contributed by atoms with E-state index in [1.54, 1.807) is 6.26 Å². The summed E-state index contributed by atoms with van der Waals surface area (Å²) in [7, 11) is 0. The van der Waals surface area contributed by atoms with Crippen molar-refractivity contribution in [2.75, 3.05) is 19.6 Å². The van der Waals surface area contributed by atoms with Crippen LogP contribution in [-0.4, -0.2) is 41.9 Å². The van der Waals surface area contributed by atoms with E-state index in [1.807, 2.05) is 6.92 Å². The van der Waals surface area contributed by atoms with Crippen LogP contribution in [0.5, 0.6) is 0 Å². The van der Waals surface area contributed by atoms with E-state index in [0.717, 1.165) is 38.2 Å². The van der Waals surface area contributed by atoms with Gasteiger partial charge in [-0.05, 0) is 31.8 Å². The molecule has 2 heterocycles. The van der Waals surface area contributed by atoms with Crippen LogP contribution in [0.15, 0.2) is 10.7 Å². The van der Waals surface area contributed by atoms with Gasteiger partial charge in [0.1, 0.15) is 6.26 Å². The van der Waals surface area contributed by atoms with Crippen LogP contribution in [0.1, 0.15) is 30.8 Å². The molecule has 0 atom stereocenters. The van der Waals surface area contributed by atoms with E-state index in [0.29, 0.717) is 12.3 Å². The molecule has 1 amide bonds. The molecule has 0 radical (unpaired) electrons. The van der Waals surface area contributed by atoms with Gasteiger partial charge in [-0.2, -0.15) is 0 Å². The lowest BCUT2D eigenvalue weighted by Gasteiger charge is -2.31. The molecule has 0 saturated carbocycles. The van der Waals surface area contributed by atoms with Gasteiger partial charge >= 0.3 is 0 Å². The third-order valence-electron chi connectivity index (χ3n) is 3.69. The largest absolute Gasteiger partial charge is 0.449 e. The van der Waals surface area contributed by atoms with Gasteiger partial charge in [0.05, 0.1) is 12.2 Å². The van der Waals surface area contributed by atoms with Gasteiger partial charge in [-0.3, -0.25) is 9.69 Å². The van der Waals surface area contributed by atoms with Crippen molar-refractivity contribution in [3.05, 3.63) is 17.8 Å². The average Bonchev–Trinajstić information content (AvgIpc) is 2.84. The number of aromatic nitrogens is 1. The van der Waals surface area contributed by atoms with Gasteiger partial charge in [0.25, 0.3) is 6.43 Å². The number of amides is 1. The summed E-state index contributed by atoms with van der Waals surface area (Å²) in [5.41, 5.74) is 0.917. The molecule has 2 rings (SSSR count). The molecule has 5 nitrogen and oxygen atoms in total. The Bertz CT molecular complexity index is 457. The summed E-state index contributed by atoms with van der Waals surface area (Å²) in [6, 6.07) is 0. The van der Waals surface area contributed by atoms with Gasteiger partial charge in [-0.25, -0.2) is 13.8 Å². The van der Waals surface area contributed by atoms with Crippen LogP contribution >= 0.6 is 0 Å². The molecule has 1 aliphatic heterocycles. The van der Waals surface area contributed by atoms with Crippen molar-refractivity contribution >= 4 is 5.91 Å². The van der Waals surface area contributed by atoms with Gasteiger partial charge in [0, 0.05) is 19.9 Å². The Hall–Kier alpha value is -1.50. The second kappa shape index (κ2) is 7.49. The molecule has 0 bridgehead atoms. The van der Waals surface area contributed by atoms with Crippen molar-refractivity contribution in [3.63, 3.8) is 0 Å². The summed E-state index contributed by atoms with van der Waals surface area (Å²) in [6.45, 7) is 3.79. The molecule has 118 valence electrons. The number of likely N-dealkylation sites (tertiary alicyclic amines) is 1. The lowest BCUT2D eigenvalue weighted by atomic mass is 9.93. The highest BCUT2D eigenvalue weighted by Crippen LogP contribution is 2.21. The van der Waals surface area contributed by atoms with Crippen molar-refractivity contribution in [3.8, 4) is 0 Å². The quantitative estimate of drug-likeness (QED) is 0.872. The van der Waals surface area contributed by atoms with Crippen molar-refractivity contribution in [1.29, 1.82) is 0 Å². The van der Waals surface area contributed by atoms with E-state index in [1.165, 1.54) is 0 Å². The minimum atomic E-state index is -2.48. The minimum absolute atomic E-state index is 0.276. The number of hydrogen-bond donors (Lipinski definition) is 1. The Morgan fingerprint density at radius 3 is 2.81 bits per heavy atom. The number of carbonyl (C=O) groups is 1. The number of rotatable bonds is 6. The maximum atomic E-state index is 12.0. The number of halogens is 2. The zero-order valence-corrected chi connectivity index (χ0v) is 12.1. The fourth-order valence-corrected chi connectivity index (χ4v) is 2.58. The molecule has 1 N–H and O–H groups in total. The molecular weight excluding hydrogens is 280 g/mol. The number of piperidine rings is 1. The third kappa shape index (κ3) is 5.41. The smallest absolute Gasteiger partial charge is 0.255 e. The van der Waals surface area contributed by atoms with Crippen molar-refractivity contribution < 1.29 is 18.0 Å². The maximum Gasteiger partial charge on any atom is 0.255 e. The second-order valence-electron chi connectivity index (χ2n) is 5.48. The van der Waals surface area contributed by atoms with Gasteiger partial charge < -0.3 is 9.73 Å². The monoisotopic (exact) mass is 301 g/mol. The van der Waals surface area contributed by atoms with E-state index in [4.69, 9.17) is 4.42 Å². The molecule has 7 heteroatoms. The first-order valence-electron chi connectivity index (χ1n) is 7.21. The van der Waals surface area contributed by atoms with Crippen LogP contribution in [0, 0.1) is 12.8 Å². The third-order valence-corrected chi connectivity index (χ3v) is 3.69. The van der Waals surface area contributed by atoms with Crippen LogP contribution < -0.4 is 5.32 Å². The average molecular weight is 301 g/mol. The lowest BCUT2D eigenvalue weighted by Crippen LogP contribution is -2.36. The SMILES string of the molecule is Cc1nc(CN2CCC(CC(=O)NCC(F)F)CC2)co1. The van der Waals surface area contributed by atoms with Crippen LogP contribution in [0.3, 0.4) is 0 Å². The number of oxazole rings is 1. The summed E-state index contributed by atoms with van der Waals surface area (Å²) in [6.07, 6.45) is 1.32. The molecule has 1 fully saturated rings. The van der Waals surface area contributed by atoms with Crippen LogP contribution in [0.2, 0.25) is 0 Å². The fraction of sp³-hybridized carbons (Fsp3) is 0.714. The fourth-order valence-electron chi connectivity index (χ4n) is 2.58. The summed E-state index contributed by atoms with van der Waals surface area (Å²) in [4.78, 5) is 18.0. The molecule has 1 aromatic rings. The van der Waals surface area contributed by atoms with Crippen molar-refractivity contribution in [2.45, 2.75) is 39.2 Å². The maximum absolute atomic E-state index is 12.0. The molecule has 0 spiro atoms. The Balaban J connectivity index is 1.67. The van der Waals surface area contributed by atoms with E-state index in [9.17, 15) is 13.6 Å². The first-order chi connectivity index (χ1) is 10.0. The predicted octanol–water partition coefficient (Wildman–Crippen LogP) is 1.97. The summed E-state index contributed by atoms with van der Waals surface area (Å²) >= 11 is 0. The highest BCUT2D eigenvalue weighted by Gasteiger charge is 2.22. The number of hydrogen-bond acceptors (Lipinski definition) is 4. The zero-order valence-electron chi connectivity index (χ0n) is 12.1. The normalized spacial score (nSPS) is 17.3. The van der Waals surface area contributed by atoms with Gasteiger partial charge in [0.15, 0.2) is 5.89 Å². The first kappa shape index (κ1) is 15.9. The summed E-state index contributed by atoms with van der Waals surface area (Å²) in [5, 5.41) is 2.26. The molecule has 0 aromatic carbocycles. The molecule has 21 heavy (non-hydrogen) atoms. The van der Waals surface area contributed by atoms with Gasteiger partial charge in [-0.1, -0.05) is 0 Å². The zero-order chi connectivity index (χ0) is 15.2. The summed E-state index contributed by atoms with van der Waals surface area (Å²) in [5.74, 6) is 0.662. The van der Waals surface area contributed by atoms with E-state index >= 15 is 0 Å². The van der Waals surface area contributed by atoms with Crippen LogP contribution in [0.25, 0.3) is 0 Å². The molecule has 1 saturated heterocycles. The predicted molar refractivity (Wildman–Crippen MR) is 72.9 cm³/mol. The molecular formula is C14H21F2N3O2. The Morgan fingerprint density at radius 1 is 1.52 bits per heavy atom. The Kier molecular flexibility index (Phi) is 5.67. The molecule has 0 unspecified atom stereocenters. The lowest BCUT2D eigenvalue weighted by molar-refractivity contribution is -0.123. The van der Waals surface area contributed by atoms with Gasteiger partial charge in [-0.15, -0.1) is 0 Å². The van der Waals surface area contributed by atoms with Gasteiger partial charge in [0.2, 0.25) is 5.91 Å². The number of carbonyl (C=O) groups excluding carboxylic acids is 1. The number of nitrogens with zero attached hydrogens (tertiary/aromatic N) is 2. The van der Waals surface area contributed by atoms with Crippen molar-refractivity contribution in [2.24, 2.45) is 5.92 Å². The van der Waals surface area contributed by atoms with E-state index in [-0.39, 0.29) is 11.8 Å². The number of aryl methyl sites for hydroxylation is 1. The minimum Gasteiger partial charge on any atom is -0.449 e. The molecule has 1 aliphatic rings. The highest BCUT2D eigenvalue weighted by atomic mass is 19.3. The van der Waals surface area contributed by atoms with E-state index < -0.39 is 13.0 Å². The first-order valence-corrected chi connectivity index (χ1v) is 7.21. The molecule has 0 aliphatic carbocycles. The second-order valence-corrected chi connectivity index (χ2v) is 5.48. The number of alkyl halides is 2. The summed E-state index contributed by atoms with van der Waals surface area (Å²) < 4.78 is 29.2. The van der Waals surface area contributed by atoms with Crippen LogP contribution in [-0.2, 0) is 11.3 Å². The van der Waals surface area contributed by atoms with Crippen LogP contribution in [0.4, 0.5) is 8.78 Å². The Labute approximate surface area is 122 Å². The highest BCUT2D eigenvalue weighted by molar-refractivity contribution is 5.76. The Morgan fingerprint density at radius 2 is 2.24 bits per heavy atom. The topological polar surface area (TPSA) is 58.4 Å². The standard InChI is InChI=1S/C14H21F2N3O2/c1-10-18-12(9-21-10)8-19-4-2-11(3-5-19)6-14(20)17-7-13(15)16/h9,11,13H,2-8H2,1H3,(H,17,20). The van der Waals surface area contributed by atoms with E-state index in [2.05, 4.69) is 15.2 Å². The molecule has 1 aromatic heterocycles.